The van der Waals surface area contributed by atoms with Crippen molar-refractivity contribution in [3.8, 4) is 0 Å². The van der Waals surface area contributed by atoms with E-state index in [2.05, 4.69) is 9.47 Å². The number of carbonyl (C=O) groups excluding carboxylic acids is 1. The molecule has 0 fully saturated rings. The Bertz CT molecular complexity index is 150. The van der Waals surface area contributed by atoms with Crippen LogP contribution in [0.2, 0.25) is 0 Å². The van der Waals surface area contributed by atoms with E-state index in [1.807, 2.05) is 0 Å². The molecule has 0 aliphatic heterocycles. The third-order valence-electron chi connectivity index (χ3n) is 1.39. The Kier molecular flexibility index (Phi) is 10.6. The maximum Gasteiger partial charge on any atom is 0.508 e. The fraction of sp³-hybridized carbons (Fsp3) is 0.889. The van der Waals surface area contributed by atoms with Crippen LogP contribution in [0.3, 0.4) is 0 Å². The minimum atomic E-state index is -0.706. The Labute approximate surface area is 89.4 Å². The van der Waals surface area contributed by atoms with Crippen molar-refractivity contribution in [2.75, 3.05) is 53.9 Å². The molecule has 6 nitrogen and oxygen atoms in total. The Balaban J connectivity index is 3.10. The second-order valence-corrected chi connectivity index (χ2v) is 2.54. The van der Waals surface area contributed by atoms with Crippen LogP contribution in [-0.4, -0.2) is 60.0 Å². The van der Waals surface area contributed by atoms with Crippen LogP contribution in [0.5, 0.6) is 0 Å². The number of rotatable bonds is 9. The zero-order valence-corrected chi connectivity index (χ0v) is 9.19. The minimum Gasteiger partial charge on any atom is -0.432 e. The molecule has 0 amide bonds. The summed E-state index contributed by atoms with van der Waals surface area (Å²) in [6.45, 7) is 2.08. The number of ether oxygens (including phenoxy) is 5. The summed E-state index contributed by atoms with van der Waals surface area (Å²) in [4.78, 5) is 10.8. The predicted octanol–water partition coefficient (Wildman–Crippen LogP) is 0.449. The molecule has 0 aliphatic carbocycles. The number of methoxy groups -OCH3 is 2. The summed E-state index contributed by atoms with van der Waals surface area (Å²) < 4.78 is 23.9. The second kappa shape index (κ2) is 11.2. The Morgan fingerprint density at radius 1 is 0.800 bits per heavy atom. The molecule has 0 saturated carbocycles. The monoisotopic (exact) mass is 222 g/mol. The van der Waals surface area contributed by atoms with Crippen molar-refractivity contribution in [3.05, 3.63) is 0 Å². The SMILES string of the molecule is COCCOCCOC(=O)OCCOC. The first kappa shape index (κ1) is 14.2. The lowest BCUT2D eigenvalue weighted by atomic mass is 10.7. The van der Waals surface area contributed by atoms with Gasteiger partial charge in [-0.2, -0.15) is 0 Å². The summed E-state index contributed by atoms with van der Waals surface area (Å²) in [5, 5.41) is 0. The van der Waals surface area contributed by atoms with E-state index in [4.69, 9.17) is 14.2 Å². The fourth-order valence-electron chi connectivity index (χ4n) is 0.678. The summed E-state index contributed by atoms with van der Waals surface area (Å²) in [5.74, 6) is 0. The molecule has 0 unspecified atom stereocenters. The van der Waals surface area contributed by atoms with Gasteiger partial charge in [-0.3, -0.25) is 0 Å². The van der Waals surface area contributed by atoms with Crippen LogP contribution < -0.4 is 0 Å². The smallest absolute Gasteiger partial charge is 0.432 e. The van der Waals surface area contributed by atoms with Gasteiger partial charge in [-0.1, -0.05) is 0 Å². The highest BCUT2D eigenvalue weighted by Gasteiger charge is 2.02. The van der Waals surface area contributed by atoms with Gasteiger partial charge in [-0.05, 0) is 0 Å². The Hall–Kier alpha value is -0.850. The van der Waals surface area contributed by atoms with Gasteiger partial charge in [-0.25, -0.2) is 4.79 Å². The molecule has 0 aromatic rings. The van der Waals surface area contributed by atoms with Crippen LogP contribution in [0, 0.1) is 0 Å². The van der Waals surface area contributed by atoms with Crippen LogP contribution in [0.1, 0.15) is 0 Å². The molecule has 0 aromatic heterocycles. The molecule has 0 rings (SSSR count). The van der Waals surface area contributed by atoms with Crippen molar-refractivity contribution in [2.45, 2.75) is 0 Å². The standard InChI is InChI=1S/C9H18O6/c1-11-3-5-13-6-8-15-9(10)14-7-4-12-2/h3-8H2,1-2H3. The average molecular weight is 222 g/mol. The largest absolute Gasteiger partial charge is 0.508 e. The molecular formula is C9H18O6. The number of hydrogen-bond donors (Lipinski definition) is 0. The first-order chi connectivity index (χ1) is 7.31. The highest BCUT2D eigenvalue weighted by atomic mass is 16.7. The first-order valence-electron chi connectivity index (χ1n) is 4.66. The van der Waals surface area contributed by atoms with E-state index in [0.717, 1.165) is 0 Å². The third-order valence-corrected chi connectivity index (χ3v) is 1.39. The van der Waals surface area contributed by atoms with Crippen molar-refractivity contribution in [1.29, 1.82) is 0 Å². The molecule has 6 heteroatoms. The molecule has 0 aliphatic rings. The van der Waals surface area contributed by atoms with Crippen molar-refractivity contribution in [2.24, 2.45) is 0 Å². The molecule has 0 bridgehead atoms. The minimum absolute atomic E-state index is 0.176. The maximum absolute atomic E-state index is 10.8. The van der Waals surface area contributed by atoms with Crippen LogP contribution in [-0.2, 0) is 23.7 Å². The van der Waals surface area contributed by atoms with Crippen LogP contribution in [0.25, 0.3) is 0 Å². The number of hydrogen-bond acceptors (Lipinski definition) is 6. The van der Waals surface area contributed by atoms with Gasteiger partial charge < -0.3 is 23.7 Å². The normalized spacial score (nSPS) is 10.0. The highest BCUT2D eigenvalue weighted by molar-refractivity contribution is 5.59. The van der Waals surface area contributed by atoms with Gasteiger partial charge in [-0.15, -0.1) is 0 Å². The van der Waals surface area contributed by atoms with E-state index < -0.39 is 6.16 Å². The molecular weight excluding hydrogens is 204 g/mol. The van der Waals surface area contributed by atoms with Crippen molar-refractivity contribution >= 4 is 6.16 Å². The van der Waals surface area contributed by atoms with E-state index in [1.165, 1.54) is 7.11 Å². The van der Waals surface area contributed by atoms with Crippen molar-refractivity contribution in [3.63, 3.8) is 0 Å². The lowest BCUT2D eigenvalue weighted by molar-refractivity contribution is 0.00819. The molecule has 15 heavy (non-hydrogen) atoms. The summed E-state index contributed by atoms with van der Waals surface area (Å²) in [7, 11) is 3.12. The summed E-state index contributed by atoms with van der Waals surface area (Å²) in [5.41, 5.74) is 0. The van der Waals surface area contributed by atoms with Crippen molar-refractivity contribution in [1.82, 2.24) is 0 Å². The average Bonchev–Trinajstić information content (AvgIpc) is 2.23. The summed E-state index contributed by atoms with van der Waals surface area (Å²) in [6.07, 6.45) is -0.706. The van der Waals surface area contributed by atoms with E-state index in [0.29, 0.717) is 26.4 Å². The van der Waals surface area contributed by atoms with Gasteiger partial charge in [0.1, 0.15) is 13.2 Å². The van der Waals surface area contributed by atoms with E-state index in [1.54, 1.807) is 7.11 Å². The molecule has 0 heterocycles. The van der Waals surface area contributed by atoms with Gasteiger partial charge in [0.15, 0.2) is 0 Å². The summed E-state index contributed by atoms with van der Waals surface area (Å²) in [6, 6.07) is 0. The van der Waals surface area contributed by atoms with Gasteiger partial charge in [0, 0.05) is 14.2 Å². The van der Waals surface area contributed by atoms with E-state index in [9.17, 15) is 4.79 Å². The topological polar surface area (TPSA) is 63.2 Å². The van der Waals surface area contributed by atoms with E-state index in [-0.39, 0.29) is 13.2 Å². The maximum atomic E-state index is 10.8. The van der Waals surface area contributed by atoms with Crippen LogP contribution >= 0.6 is 0 Å². The fourth-order valence-corrected chi connectivity index (χ4v) is 0.678. The molecule has 0 saturated heterocycles. The number of carbonyl (C=O) groups is 1. The molecule has 0 radical (unpaired) electrons. The zero-order chi connectivity index (χ0) is 11.4. The quantitative estimate of drug-likeness (QED) is 0.417. The van der Waals surface area contributed by atoms with Gasteiger partial charge in [0.05, 0.1) is 26.4 Å². The van der Waals surface area contributed by atoms with E-state index >= 15 is 0 Å². The molecule has 0 atom stereocenters. The third kappa shape index (κ3) is 11.1. The molecule has 90 valence electrons. The second-order valence-electron chi connectivity index (χ2n) is 2.54. The van der Waals surface area contributed by atoms with Gasteiger partial charge >= 0.3 is 6.16 Å². The van der Waals surface area contributed by atoms with Crippen molar-refractivity contribution < 1.29 is 28.5 Å². The summed E-state index contributed by atoms with van der Waals surface area (Å²) >= 11 is 0. The Morgan fingerprint density at radius 3 is 1.87 bits per heavy atom. The first-order valence-corrected chi connectivity index (χ1v) is 4.66. The van der Waals surface area contributed by atoms with Gasteiger partial charge in [0.25, 0.3) is 0 Å². The lowest BCUT2D eigenvalue weighted by Gasteiger charge is -2.06. The molecule has 0 spiro atoms. The molecule has 0 N–H and O–H groups in total. The Morgan fingerprint density at radius 2 is 1.27 bits per heavy atom. The van der Waals surface area contributed by atoms with Crippen LogP contribution in [0.4, 0.5) is 4.79 Å². The zero-order valence-electron chi connectivity index (χ0n) is 9.19. The molecule has 0 aromatic carbocycles. The van der Waals surface area contributed by atoms with Crippen LogP contribution in [0.15, 0.2) is 0 Å². The highest BCUT2D eigenvalue weighted by Crippen LogP contribution is 1.86. The van der Waals surface area contributed by atoms with Gasteiger partial charge in [0.2, 0.25) is 0 Å². The predicted molar refractivity (Wildman–Crippen MR) is 51.9 cm³/mol. The lowest BCUT2D eigenvalue weighted by Crippen LogP contribution is -2.15.